The Hall–Kier alpha value is -1.88. The summed E-state index contributed by atoms with van der Waals surface area (Å²) in [4.78, 5) is 24.3. The fourth-order valence-electron chi connectivity index (χ4n) is 4.13. The van der Waals surface area contributed by atoms with E-state index in [2.05, 4.69) is 10.6 Å². The van der Waals surface area contributed by atoms with Gasteiger partial charge >= 0.3 is 0 Å². The minimum atomic E-state index is -0.153. The first kappa shape index (κ1) is 16.0. The van der Waals surface area contributed by atoms with Gasteiger partial charge < -0.3 is 16.4 Å². The van der Waals surface area contributed by atoms with Crippen molar-refractivity contribution in [3.63, 3.8) is 0 Å². The molecule has 2 aliphatic rings. The van der Waals surface area contributed by atoms with E-state index in [0.717, 1.165) is 25.7 Å². The summed E-state index contributed by atoms with van der Waals surface area (Å²) in [6.45, 7) is 0. The Kier molecular flexibility index (Phi) is 4.66. The molecule has 2 atom stereocenters. The maximum atomic E-state index is 12.6. The second-order valence-electron chi connectivity index (χ2n) is 6.85. The minimum Gasteiger partial charge on any atom is -0.355 e. The topological polar surface area (TPSA) is 84.2 Å². The van der Waals surface area contributed by atoms with Crippen LogP contribution in [0.15, 0.2) is 24.3 Å². The molecule has 2 unspecified atom stereocenters. The van der Waals surface area contributed by atoms with E-state index in [0.29, 0.717) is 23.1 Å². The number of rotatable bonds is 3. The van der Waals surface area contributed by atoms with Crippen LogP contribution in [0.25, 0.3) is 0 Å². The predicted molar refractivity (Wildman–Crippen MR) is 90.0 cm³/mol. The Bertz CT molecular complexity index is 588. The summed E-state index contributed by atoms with van der Waals surface area (Å²) in [5.74, 6) is 0.904. The molecule has 124 valence electrons. The van der Waals surface area contributed by atoms with Crippen molar-refractivity contribution in [2.75, 3.05) is 12.4 Å². The largest absolute Gasteiger partial charge is 0.355 e. The summed E-state index contributed by atoms with van der Waals surface area (Å²) in [6.07, 6.45) is 5.31. The summed E-state index contributed by atoms with van der Waals surface area (Å²) in [5, 5.41) is 5.57. The van der Waals surface area contributed by atoms with Crippen molar-refractivity contribution in [1.82, 2.24) is 5.32 Å². The molecular weight excluding hydrogens is 290 g/mol. The van der Waals surface area contributed by atoms with Crippen molar-refractivity contribution in [3.05, 3.63) is 29.8 Å². The minimum absolute atomic E-state index is 0.0359. The van der Waals surface area contributed by atoms with Crippen LogP contribution < -0.4 is 16.4 Å². The highest BCUT2D eigenvalue weighted by molar-refractivity contribution is 5.97. The number of anilines is 1. The number of carbonyl (C=O) groups is 2. The zero-order valence-electron chi connectivity index (χ0n) is 13.5. The lowest BCUT2D eigenvalue weighted by Gasteiger charge is -2.43. The van der Waals surface area contributed by atoms with Crippen molar-refractivity contribution in [3.8, 4) is 0 Å². The number of nitrogens with two attached hydrogens (primary N) is 1. The van der Waals surface area contributed by atoms with E-state index in [1.54, 1.807) is 25.2 Å². The number of benzene rings is 1. The number of amides is 2. The number of hydrogen-bond donors (Lipinski definition) is 3. The summed E-state index contributed by atoms with van der Waals surface area (Å²) >= 11 is 0. The lowest BCUT2D eigenvalue weighted by molar-refractivity contribution is -0.122. The molecule has 2 aliphatic carbocycles. The molecule has 0 aliphatic heterocycles. The first-order valence-corrected chi connectivity index (χ1v) is 8.47. The molecule has 0 radical (unpaired) electrons. The van der Waals surface area contributed by atoms with Gasteiger partial charge in [0.1, 0.15) is 0 Å². The van der Waals surface area contributed by atoms with E-state index < -0.39 is 0 Å². The molecule has 2 amide bonds. The lowest BCUT2D eigenvalue weighted by atomic mass is 9.65. The van der Waals surface area contributed by atoms with Crippen LogP contribution in [0.2, 0.25) is 0 Å². The van der Waals surface area contributed by atoms with Gasteiger partial charge in [-0.25, -0.2) is 0 Å². The average Bonchev–Trinajstić information content (AvgIpc) is 2.54. The highest BCUT2D eigenvalue weighted by Crippen LogP contribution is 2.42. The average molecular weight is 315 g/mol. The molecule has 0 spiro atoms. The zero-order chi connectivity index (χ0) is 16.4. The Morgan fingerprint density at radius 2 is 1.87 bits per heavy atom. The number of hydrogen-bond acceptors (Lipinski definition) is 3. The molecule has 1 aromatic rings. The molecule has 3 rings (SSSR count). The monoisotopic (exact) mass is 315 g/mol. The zero-order valence-corrected chi connectivity index (χ0v) is 13.5. The third-order valence-electron chi connectivity index (χ3n) is 5.40. The summed E-state index contributed by atoms with van der Waals surface area (Å²) in [5.41, 5.74) is 7.52. The molecule has 2 saturated carbocycles. The standard InChI is InChI=1S/C18H25N3O2/c1-20-17(22)13-6-3-7-15(10-13)21-18(23)14-8-11-4-2-5-12(9-14)16(11)19/h3,6-7,10-12,14,16H,2,4-5,8-9,19H2,1H3,(H,20,22)(H,21,23). The normalized spacial score (nSPS) is 29.7. The van der Waals surface area contributed by atoms with E-state index in [1.807, 2.05) is 6.07 Å². The van der Waals surface area contributed by atoms with E-state index in [9.17, 15) is 9.59 Å². The predicted octanol–water partition coefficient (Wildman–Crippen LogP) is 2.14. The van der Waals surface area contributed by atoms with Gasteiger partial charge in [-0.15, -0.1) is 0 Å². The third-order valence-corrected chi connectivity index (χ3v) is 5.40. The summed E-state index contributed by atoms with van der Waals surface area (Å²) in [6, 6.07) is 7.32. The molecule has 23 heavy (non-hydrogen) atoms. The smallest absolute Gasteiger partial charge is 0.251 e. The molecule has 0 heterocycles. The van der Waals surface area contributed by atoms with Crippen molar-refractivity contribution < 1.29 is 9.59 Å². The maximum absolute atomic E-state index is 12.6. The molecule has 1 aromatic carbocycles. The van der Waals surface area contributed by atoms with E-state index in [1.165, 1.54) is 6.42 Å². The Morgan fingerprint density at radius 3 is 2.52 bits per heavy atom. The van der Waals surface area contributed by atoms with Crippen LogP contribution in [0.5, 0.6) is 0 Å². The van der Waals surface area contributed by atoms with Crippen molar-refractivity contribution >= 4 is 17.5 Å². The van der Waals surface area contributed by atoms with Crippen LogP contribution in [0, 0.1) is 17.8 Å². The van der Waals surface area contributed by atoms with Crippen LogP contribution in [-0.4, -0.2) is 24.9 Å². The van der Waals surface area contributed by atoms with Crippen LogP contribution in [-0.2, 0) is 4.79 Å². The quantitative estimate of drug-likeness (QED) is 0.799. The van der Waals surface area contributed by atoms with Crippen molar-refractivity contribution in [2.24, 2.45) is 23.5 Å². The Morgan fingerprint density at radius 1 is 1.17 bits per heavy atom. The molecule has 5 heteroatoms. The summed E-state index contributed by atoms with van der Waals surface area (Å²) in [7, 11) is 1.59. The van der Waals surface area contributed by atoms with Gasteiger partial charge in [0.25, 0.3) is 5.91 Å². The first-order chi connectivity index (χ1) is 11.1. The van der Waals surface area contributed by atoms with Gasteiger partial charge in [-0.2, -0.15) is 0 Å². The highest BCUT2D eigenvalue weighted by atomic mass is 16.2. The fourth-order valence-corrected chi connectivity index (χ4v) is 4.13. The molecule has 4 N–H and O–H groups in total. The van der Waals surface area contributed by atoms with Gasteiger partial charge in [0.15, 0.2) is 0 Å². The van der Waals surface area contributed by atoms with Gasteiger partial charge in [-0.1, -0.05) is 12.5 Å². The Balaban J connectivity index is 1.66. The van der Waals surface area contributed by atoms with Crippen molar-refractivity contribution in [1.29, 1.82) is 0 Å². The lowest BCUT2D eigenvalue weighted by Crippen LogP contribution is -2.48. The van der Waals surface area contributed by atoms with Gasteiger partial charge in [0, 0.05) is 30.3 Å². The molecule has 5 nitrogen and oxygen atoms in total. The van der Waals surface area contributed by atoms with E-state index in [4.69, 9.17) is 5.73 Å². The van der Waals surface area contributed by atoms with Crippen LogP contribution in [0.1, 0.15) is 42.5 Å². The second kappa shape index (κ2) is 6.71. The van der Waals surface area contributed by atoms with Crippen LogP contribution in [0.4, 0.5) is 5.69 Å². The van der Waals surface area contributed by atoms with E-state index in [-0.39, 0.29) is 23.8 Å². The third kappa shape index (κ3) is 3.39. The number of nitrogens with one attached hydrogen (secondary N) is 2. The Labute approximate surface area is 137 Å². The molecular formula is C18H25N3O2. The highest BCUT2D eigenvalue weighted by Gasteiger charge is 2.40. The van der Waals surface area contributed by atoms with Crippen molar-refractivity contribution in [2.45, 2.75) is 38.1 Å². The number of carbonyl (C=O) groups excluding carboxylic acids is 2. The van der Waals surface area contributed by atoms with Gasteiger partial charge in [-0.05, 0) is 55.7 Å². The SMILES string of the molecule is CNC(=O)c1cccc(NC(=O)C2CC3CCCC(C2)C3N)c1. The molecule has 2 fully saturated rings. The second-order valence-corrected chi connectivity index (χ2v) is 6.85. The molecule has 2 bridgehead atoms. The molecule has 0 saturated heterocycles. The van der Waals surface area contributed by atoms with E-state index >= 15 is 0 Å². The number of fused-ring (bicyclic) bond motifs is 2. The fraction of sp³-hybridized carbons (Fsp3) is 0.556. The van der Waals surface area contributed by atoms with Gasteiger partial charge in [0.05, 0.1) is 0 Å². The van der Waals surface area contributed by atoms with Gasteiger partial charge in [0.2, 0.25) is 5.91 Å². The van der Waals surface area contributed by atoms with Gasteiger partial charge in [-0.3, -0.25) is 9.59 Å². The first-order valence-electron chi connectivity index (χ1n) is 8.47. The maximum Gasteiger partial charge on any atom is 0.251 e. The van der Waals surface area contributed by atoms with Crippen LogP contribution in [0.3, 0.4) is 0 Å². The molecule has 0 aromatic heterocycles. The summed E-state index contributed by atoms with van der Waals surface area (Å²) < 4.78 is 0. The van der Waals surface area contributed by atoms with Crippen LogP contribution >= 0.6 is 0 Å².